The van der Waals surface area contributed by atoms with Crippen molar-refractivity contribution in [3.63, 3.8) is 0 Å². The van der Waals surface area contributed by atoms with Crippen molar-refractivity contribution in [2.24, 2.45) is 0 Å². The van der Waals surface area contributed by atoms with E-state index in [1.807, 2.05) is 30.3 Å². The molecule has 2 unspecified atom stereocenters. The SMILES string of the molecule is CC(C)(C)OC(=O)N1CC(N(Cc2nnc(C3CCC4CN3C(=O)N4OCc3ccccc3)o2)C(=O)OC(C)(C)C)C1. The van der Waals surface area contributed by atoms with Crippen molar-refractivity contribution < 1.29 is 33.1 Å². The van der Waals surface area contributed by atoms with Gasteiger partial charge in [0.05, 0.1) is 12.1 Å². The molecule has 0 radical (unpaired) electrons. The molecule has 5 rings (SSSR count). The van der Waals surface area contributed by atoms with Crippen molar-refractivity contribution in [2.75, 3.05) is 19.6 Å². The molecule has 2 aromatic rings. The number of likely N-dealkylation sites (tertiary alicyclic amines) is 1. The minimum absolute atomic E-state index is 0.00431. The Morgan fingerprint density at radius 1 is 0.976 bits per heavy atom. The summed E-state index contributed by atoms with van der Waals surface area (Å²) in [6.07, 6.45) is 0.395. The summed E-state index contributed by atoms with van der Waals surface area (Å²) in [4.78, 5) is 49.5. The highest BCUT2D eigenvalue weighted by Gasteiger charge is 2.48. The van der Waals surface area contributed by atoms with E-state index in [1.165, 1.54) is 14.9 Å². The van der Waals surface area contributed by atoms with Crippen LogP contribution in [0.3, 0.4) is 0 Å². The van der Waals surface area contributed by atoms with Gasteiger partial charge in [0.15, 0.2) is 0 Å². The van der Waals surface area contributed by atoms with Crippen LogP contribution in [0.1, 0.15) is 77.8 Å². The van der Waals surface area contributed by atoms with Gasteiger partial charge in [-0.05, 0) is 59.9 Å². The molecule has 1 aromatic heterocycles. The van der Waals surface area contributed by atoms with Crippen LogP contribution in [0.5, 0.6) is 0 Å². The van der Waals surface area contributed by atoms with Crippen molar-refractivity contribution in [3.8, 4) is 0 Å². The lowest BCUT2D eigenvalue weighted by Crippen LogP contribution is -2.63. The van der Waals surface area contributed by atoms with E-state index in [0.29, 0.717) is 38.6 Å². The van der Waals surface area contributed by atoms with Crippen LogP contribution < -0.4 is 0 Å². The lowest BCUT2D eigenvalue weighted by Gasteiger charge is -2.44. The molecule has 0 N–H and O–H groups in total. The Morgan fingerprint density at radius 3 is 2.33 bits per heavy atom. The highest BCUT2D eigenvalue weighted by atomic mass is 16.7. The largest absolute Gasteiger partial charge is 0.444 e. The Balaban J connectivity index is 1.23. The predicted octanol–water partition coefficient (Wildman–Crippen LogP) is 4.50. The highest BCUT2D eigenvalue weighted by Crippen LogP contribution is 2.38. The number of carbonyl (C=O) groups excluding carboxylic acids is 3. The summed E-state index contributed by atoms with van der Waals surface area (Å²) in [5.41, 5.74) is -0.351. The molecule has 4 heterocycles. The normalized spacial score (nSPS) is 20.9. The van der Waals surface area contributed by atoms with Gasteiger partial charge >= 0.3 is 18.2 Å². The fraction of sp³-hybridized carbons (Fsp3) is 0.621. The summed E-state index contributed by atoms with van der Waals surface area (Å²) >= 11 is 0. The number of piperidine rings is 1. The zero-order valence-corrected chi connectivity index (χ0v) is 25.1. The summed E-state index contributed by atoms with van der Waals surface area (Å²) in [6.45, 7) is 12.2. The van der Waals surface area contributed by atoms with Crippen LogP contribution in [0.4, 0.5) is 14.4 Å². The number of carbonyl (C=O) groups is 3. The fourth-order valence-corrected chi connectivity index (χ4v) is 5.18. The third-order valence-corrected chi connectivity index (χ3v) is 7.19. The maximum atomic E-state index is 13.2. The van der Waals surface area contributed by atoms with Crippen molar-refractivity contribution >= 4 is 18.2 Å². The first-order valence-corrected chi connectivity index (χ1v) is 14.3. The maximum absolute atomic E-state index is 13.2. The Labute approximate surface area is 245 Å². The van der Waals surface area contributed by atoms with Gasteiger partial charge in [-0.25, -0.2) is 14.4 Å². The molecule has 3 aliphatic rings. The number of benzene rings is 1. The smallest absolute Gasteiger partial charge is 0.411 e. The molecule has 13 heteroatoms. The Morgan fingerprint density at radius 2 is 1.67 bits per heavy atom. The summed E-state index contributed by atoms with van der Waals surface area (Å²) in [6, 6.07) is 8.73. The molecule has 0 saturated carbocycles. The third kappa shape index (κ3) is 6.77. The lowest BCUT2D eigenvalue weighted by atomic mass is 10.0. The molecule has 4 amide bonds. The molecule has 3 saturated heterocycles. The van der Waals surface area contributed by atoms with Crippen molar-refractivity contribution in [2.45, 2.75) is 96.9 Å². The van der Waals surface area contributed by atoms with Gasteiger partial charge in [-0.2, -0.15) is 5.06 Å². The molecule has 0 spiro atoms. The van der Waals surface area contributed by atoms with E-state index in [9.17, 15) is 14.4 Å². The van der Waals surface area contributed by atoms with E-state index in [4.69, 9.17) is 18.7 Å². The van der Waals surface area contributed by atoms with Crippen molar-refractivity contribution in [1.29, 1.82) is 0 Å². The van der Waals surface area contributed by atoms with E-state index < -0.39 is 23.4 Å². The first-order chi connectivity index (χ1) is 19.8. The Bertz CT molecular complexity index is 1280. The molecule has 2 atom stereocenters. The molecule has 1 aromatic carbocycles. The number of fused-ring (bicyclic) bond motifs is 2. The van der Waals surface area contributed by atoms with E-state index in [-0.39, 0.29) is 36.6 Å². The summed E-state index contributed by atoms with van der Waals surface area (Å²) in [7, 11) is 0. The minimum Gasteiger partial charge on any atom is -0.444 e. The molecule has 0 aliphatic carbocycles. The van der Waals surface area contributed by atoms with E-state index in [1.54, 1.807) is 46.4 Å². The Hall–Kier alpha value is -3.87. The average molecular weight is 585 g/mol. The number of hydrogen-bond acceptors (Lipinski definition) is 9. The number of hydrogen-bond donors (Lipinski definition) is 0. The second kappa shape index (κ2) is 11.4. The van der Waals surface area contributed by atoms with Crippen LogP contribution in [0.15, 0.2) is 34.7 Å². The first kappa shape index (κ1) is 29.6. The summed E-state index contributed by atoms with van der Waals surface area (Å²) in [5, 5.41) is 9.91. The molecule has 3 fully saturated rings. The molecular formula is C29H40N6O7. The zero-order valence-electron chi connectivity index (χ0n) is 25.1. The number of nitrogens with zero attached hydrogens (tertiary/aromatic N) is 6. The molecule has 42 heavy (non-hydrogen) atoms. The fourth-order valence-electron chi connectivity index (χ4n) is 5.18. The number of ether oxygens (including phenoxy) is 2. The van der Waals surface area contributed by atoms with E-state index >= 15 is 0 Å². The van der Waals surface area contributed by atoms with Crippen LogP contribution in [0.25, 0.3) is 0 Å². The maximum Gasteiger partial charge on any atom is 0.411 e. The van der Waals surface area contributed by atoms with Crippen molar-refractivity contribution in [3.05, 3.63) is 47.7 Å². The molecule has 2 bridgehead atoms. The molecular weight excluding hydrogens is 544 g/mol. The second-order valence-electron chi connectivity index (χ2n) is 12.9. The monoisotopic (exact) mass is 584 g/mol. The quantitative estimate of drug-likeness (QED) is 0.462. The number of hydroxylamine groups is 2. The second-order valence-corrected chi connectivity index (χ2v) is 12.9. The van der Waals surface area contributed by atoms with Gasteiger partial charge in [-0.1, -0.05) is 30.3 Å². The molecule has 3 aliphatic heterocycles. The van der Waals surface area contributed by atoms with Gasteiger partial charge in [0.2, 0.25) is 11.8 Å². The zero-order chi connectivity index (χ0) is 30.2. The van der Waals surface area contributed by atoms with E-state index in [0.717, 1.165) is 12.0 Å². The van der Waals surface area contributed by atoms with Gasteiger partial charge in [0.25, 0.3) is 0 Å². The molecule has 228 valence electrons. The van der Waals surface area contributed by atoms with Crippen LogP contribution in [-0.2, 0) is 27.5 Å². The topological polar surface area (TPSA) is 131 Å². The molecule has 13 nitrogen and oxygen atoms in total. The van der Waals surface area contributed by atoms with Crippen molar-refractivity contribution in [1.82, 2.24) is 30.0 Å². The predicted molar refractivity (Wildman–Crippen MR) is 149 cm³/mol. The number of amides is 4. The number of rotatable bonds is 7. The Kier molecular flexibility index (Phi) is 8.06. The number of urea groups is 1. The average Bonchev–Trinajstić information content (AvgIpc) is 3.43. The van der Waals surface area contributed by atoms with Gasteiger partial charge in [0, 0.05) is 19.6 Å². The number of aromatic nitrogens is 2. The summed E-state index contributed by atoms with van der Waals surface area (Å²) in [5.74, 6) is 0.535. The van der Waals surface area contributed by atoms with Gasteiger partial charge in [0.1, 0.15) is 30.4 Å². The minimum atomic E-state index is -0.715. The van der Waals surface area contributed by atoms with Gasteiger partial charge in [-0.15, -0.1) is 10.2 Å². The standard InChI is InChI=1S/C29H40N6O7/c1-28(2,3)41-26(37)32-14-21(15-32)33(27(38)42-29(4,5)6)17-23-30-31-24(40-23)22-13-12-20-16-34(22)25(36)35(20)39-18-19-10-8-7-9-11-19/h7-11,20-22H,12-18H2,1-6H3. The first-order valence-electron chi connectivity index (χ1n) is 14.3. The van der Waals surface area contributed by atoms with Gasteiger partial charge in [-0.3, -0.25) is 9.74 Å². The van der Waals surface area contributed by atoms with Gasteiger partial charge < -0.3 is 23.7 Å². The van der Waals surface area contributed by atoms with Crippen LogP contribution in [0.2, 0.25) is 0 Å². The lowest BCUT2D eigenvalue weighted by molar-refractivity contribution is -0.140. The van der Waals surface area contributed by atoms with Crippen LogP contribution >= 0.6 is 0 Å². The summed E-state index contributed by atoms with van der Waals surface area (Å²) < 4.78 is 17.1. The van der Waals surface area contributed by atoms with E-state index in [2.05, 4.69) is 10.2 Å². The van der Waals surface area contributed by atoms with Crippen LogP contribution in [-0.4, -0.2) is 91.1 Å². The third-order valence-electron chi connectivity index (χ3n) is 7.19. The van der Waals surface area contributed by atoms with Crippen LogP contribution in [0, 0.1) is 0 Å². The highest BCUT2D eigenvalue weighted by molar-refractivity contribution is 5.77.